The first-order chi connectivity index (χ1) is 12.4. The van der Waals surface area contributed by atoms with Crippen molar-refractivity contribution >= 4 is 27.3 Å². The molecule has 1 heterocycles. The van der Waals surface area contributed by atoms with E-state index in [1.807, 2.05) is 36.4 Å². The van der Waals surface area contributed by atoms with Gasteiger partial charge < -0.3 is 10.3 Å². The van der Waals surface area contributed by atoms with E-state index in [0.717, 1.165) is 21.7 Å². The topological polar surface area (TPSA) is 95.2 Å². The molecule has 0 atom stereocenters. The Morgan fingerprint density at radius 2 is 1.85 bits per heavy atom. The van der Waals surface area contributed by atoms with Crippen LogP contribution in [-0.2, 0) is 10.0 Å². The van der Waals surface area contributed by atoms with Gasteiger partial charge in [0.2, 0.25) is 10.0 Å². The van der Waals surface area contributed by atoms with Gasteiger partial charge in [-0.1, -0.05) is 36.4 Å². The summed E-state index contributed by atoms with van der Waals surface area (Å²) in [5, 5.41) is 2.76. The molecule has 0 aliphatic rings. The van der Waals surface area contributed by atoms with Crippen LogP contribution in [-0.4, -0.2) is 37.6 Å². The van der Waals surface area contributed by atoms with Gasteiger partial charge in [-0.2, -0.15) is 0 Å². The quantitative estimate of drug-likeness (QED) is 0.722. The van der Waals surface area contributed by atoms with E-state index in [1.165, 1.54) is 19.6 Å². The Labute approximate surface area is 151 Å². The van der Waals surface area contributed by atoms with E-state index in [1.54, 1.807) is 12.1 Å². The lowest BCUT2D eigenvalue weighted by molar-refractivity contribution is 0.102. The van der Waals surface area contributed by atoms with E-state index in [9.17, 15) is 13.2 Å². The molecular formula is C18H18N4O3S. The van der Waals surface area contributed by atoms with E-state index in [0.29, 0.717) is 11.4 Å². The van der Waals surface area contributed by atoms with Crippen molar-refractivity contribution in [1.82, 2.24) is 9.97 Å². The largest absolute Gasteiger partial charge is 0.341 e. The van der Waals surface area contributed by atoms with Crippen LogP contribution >= 0.6 is 0 Å². The van der Waals surface area contributed by atoms with Crippen LogP contribution in [0.4, 0.5) is 11.4 Å². The van der Waals surface area contributed by atoms with Crippen LogP contribution in [0.5, 0.6) is 0 Å². The summed E-state index contributed by atoms with van der Waals surface area (Å²) in [7, 11) is -2.04. The molecule has 0 unspecified atom stereocenters. The zero-order valence-electron chi connectivity index (χ0n) is 14.3. The van der Waals surface area contributed by atoms with Gasteiger partial charge in [-0.3, -0.25) is 9.10 Å². The Hall–Kier alpha value is -3.13. The number of aromatic amines is 1. The molecule has 2 N–H and O–H groups in total. The third-order valence-electron chi connectivity index (χ3n) is 3.93. The van der Waals surface area contributed by atoms with Crippen molar-refractivity contribution in [3.8, 4) is 11.1 Å². The average Bonchev–Trinajstić information content (AvgIpc) is 3.16. The van der Waals surface area contributed by atoms with Gasteiger partial charge in [0.05, 0.1) is 30.2 Å². The highest BCUT2D eigenvalue weighted by molar-refractivity contribution is 7.92. The molecule has 0 bridgehead atoms. The number of carbonyl (C=O) groups is 1. The molecule has 1 aromatic heterocycles. The van der Waals surface area contributed by atoms with Crippen LogP contribution < -0.4 is 9.62 Å². The summed E-state index contributed by atoms with van der Waals surface area (Å²) in [5.74, 6) is -0.407. The van der Waals surface area contributed by atoms with Crippen LogP contribution in [0, 0.1) is 0 Å². The molecule has 26 heavy (non-hydrogen) atoms. The van der Waals surface area contributed by atoms with E-state index < -0.39 is 15.9 Å². The first kappa shape index (κ1) is 17.7. The van der Waals surface area contributed by atoms with Gasteiger partial charge in [0.1, 0.15) is 5.69 Å². The zero-order valence-corrected chi connectivity index (χ0v) is 15.1. The number of carbonyl (C=O) groups excluding carboxylic acids is 1. The van der Waals surface area contributed by atoms with Gasteiger partial charge >= 0.3 is 0 Å². The SMILES string of the molecule is CN(c1ccc(-c2ccccc2)cc1NC(=O)c1cnc[nH]1)S(C)(=O)=O. The fourth-order valence-electron chi connectivity index (χ4n) is 2.47. The number of aromatic nitrogens is 2. The van der Waals surface area contributed by atoms with Crippen molar-refractivity contribution < 1.29 is 13.2 Å². The molecule has 0 fully saturated rings. The highest BCUT2D eigenvalue weighted by Gasteiger charge is 2.19. The Morgan fingerprint density at radius 3 is 2.46 bits per heavy atom. The molecule has 0 spiro atoms. The normalized spacial score (nSPS) is 11.2. The van der Waals surface area contributed by atoms with Crippen molar-refractivity contribution in [2.75, 3.05) is 22.9 Å². The van der Waals surface area contributed by atoms with Crippen LogP contribution in [0.1, 0.15) is 10.5 Å². The fourth-order valence-corrected chi connectivity index (χ4v) is 2.99. The summed E-state index contributed by atoms with van der Waals surface area (Å²) in [6.07, 6.45) is 3.91. The Morgan fingerprint density at radius 1 is 1.12 bits per heavy atom. The summed E-state index contributed by atoms with van der Waals surface area (Å²) >= 11 is 0. The maximum Gasteiger partial charge on any atom is 0.273 e. The molecule has 134 valence electrons. The number of anilines is 2. The van der Waals surface area contributed by atoms with Crippen molar-refractivity contribution in [2.24, 2.45) is 0 Å². The number of hydrogen-bond acceptors (Lipinski definition) is 4. The first-order valence-corrected chi connectivity index (χ1v) is 9.64. The minimum Gasteiger partial charge on any atom is -0.341 e. The maximum absolute atomic E-state index is 12.4. The van der Waals surface area contributed by atoms with Gasteiger partial charge in [0.25, 0.3) is 5.91 Å². The van der Waals surface area contributed by atoms with Gasteiger partial charge in [-0.25, -0.2) is 13.4 Å². The number of nitrogens with one attached hydrogen (secondary N) is 2. The molecular weight excluding hydrogens is 352 g/mol. The summed E-state index contributed by atoms with van der Waals surface area (Å²) in [5.41, 5.74) is 2.86. The molecule has 2 aromatic carbocycles. The minimum absolute atomic E-state index is 0.281. The van der Waals surface area contributed by atoms with Crippen molar-refractivity contribution in [3.05, 3.63) is 66.7 Å². The van der Waals surface area contributed by atoms with Crippen LogP contribution in [0.25, 0.3) is 11.1 Å². The molecule has 0 saturated carbocycles. The van der Waals surface area contributed by atoms with Gasteiger partial charge in [0, 0.05) is 7.05 Å². The number of H-pyrrole nitrogens is 1. The Balaban J connectivity index is 2.05. The van der Waals surface area contributed by atoms with Crippen LogP contribution in [0.15, 0.2) is 61.1 Å². The smallest absolute Gasteiger partial charge is 0.273 e. The van der Waals surface area contributed by atoms with E-state index in [-0.39, 0.29) is 5.69 Å². The second-order valence-corrected chi connectivity index (χ2v) is 7.76. The molecule has 3 aromatic rings. The lowest BCUT2D eigenvalue weighted by Gasteiger charge is -2.21. The predicted molar refractivity (Wildman–Crippen MR) is 102 cm³/mol. The van der Waals surface area contributed by atoms with E-state index in [2.05, 4.69) is 15.3 Å². The number of nitrogens with zero attached hydrogens (tertiary/aromatic N) is 2. The van der Waals surface area contributed by atoms with Gasteiger partial charge in [0.15, 0.2) is 0 Å². The maximum atomic E-state index is 12.4. The van der Waals surface area contributed by atoms with Gasteiger partial charge in [-0.05, 0) is 23.3 Å². The number of sulfonamides is 1. The molecule has 3 rings (SSSR count). The zero-order chi connectivity index (χ0) is 18.7. The average molecular weight is 370 g/mol. The van der Waals surface area contributed by atoms with Crippen molar-refractivity contribution in [3.63, 3.8) is 0 Å². The number of hydrogen-bond donors (Lipinski definition) is 2. The minimum atomic E-state index is -3.48. The summed E-state index contributed by atoms with van der Waals surface area (Å²) in [4.78, 5) is 18.9. The van der Waals surface area contributed by atoms with E-state index in [4.69, 9.17) is 0 Å². The first-order valence-electron chi connectivity index (χ1n) is 7.79. The lowest BCUT2D eigenvalue weighted by Crippen LogP contribution is -2.26. The second kappa shape index (κ2) is 7.01. The molecule has 0 saturated heterocycles. The third-order valence-corrected chi connectivity index (χ3v) is 5.12. The molecule has 1 amide bonds. The van der Waals surface area contributed by atoms with Gasteiger partial charge in [-0.15, -0.1) is 0 Å². The van der Waals surface area contributed by atoms with Crippen molar-refractivity contribution in [1.29, 1.82) is 0 Å². The predicted octanol–water partition coefficient (Wildman–Crippen LogP) is 2.72. The van der Waals surface area contributed by atoms with E-state index >= 15 is 0 Å². The third kappa shape index (κ3) is 3.75. The Bertz CT molecular complexity index is 1020. The monoisotopic (exact) mass is 370 g/mol. The summed E-state index contributed by atoms with van der Waals surface area (Å²) < 4.78 is 25.0. The molecule has 0 radical (unpaired) electrons. The highest BCUT2D eigenvalue weighted by Crippen LogP contribution is 2.32. The second-order valence-electron chi connectivity index (χ2n) is 5.75. The number of imidazole rings is 1. The standard InChI is InChI=1S/C18H18N4O3S/c1-22(26(2,24)25)17-9-8-14(13-6-4-3-5-7-13)10-15(17)21-18(23)16-11-19-12-20-16/h3-12H,1-2H3,(H,19,20)(H,21,23). The number of amides is 1. The molecule has 7 nitrogen and oxygen atoms in total. The fraction of sp³-hybridized carbons (Fsp3) is 0.111. The van der Waals surface area contributed by atoms with Crippen LogP contribution in [0.3, 0.4) is 0 Å². The van der Waals surface area contributed by atoms with Crippen LogP contribution in [0.2, 0.25) is 0 Å². The lowest BCUT2D eigenvalue weighted by atomic mass is 10.0. The summed E-state index contributed by atoms with van der Waals surface area (Å²) in [6.45, 7) is 0. The number of benzene rings is 2. The van der Waals surface area contributed by atoms with Crippen molar-refractivity contribution in [2.45, 2.75) is 0 Å². The Kier molecular flexibility index (Phi) is 4.77. The number of rotatable bonds is 5. The molecule has 0 aliphatic carbocycles. The summed E-state index contributed by atoms with van der Waals surface area (Å²) in [6, 6.07) is 14.9. The highest BCUT2D eigenvalue weighted by atomic mass is 32.2. The molecule has 0 aliphatic heterocycles. The molecule has 8 heteroatoms.